The van der Waals surface area contributed by atoms with Crippen LogP contribution in [0.15, 0.2) is 66.7 Å². The Bertz CT molecular complexity index is 963. The summed E-state index contributed by atoms with van der Waals surface area (Å²) in [5.41, 5.74) is 7.72. The summed E-state index contributed by atoms with van der Waals surface area (Å²) < 4.78 is 5.27. The van der Waals surface area contributed by atoms with E-state index in [9.17, 15) is 9.59 Å². The second-order valence-electron chi connectivity index (χ2n) is 6.91. The van der Waals surface area contributed by atoms with Crippen molar-refractivity contribution in [1.82, 2.24) is 0 Å². The lowest BCUT2D eigenvalue weighted by Crippen LogP contribution is -2.23. The SMILES string of the molecule is CCCC(=O)Oc1ccc(C(CN)C(=O)Cc2ccc3ccccc3c2)cc1. The fraction of sp³-hybridized carbons (Fsp3) is 0.250. The molecule has 144 valence electrons. The van der Waals surface area contributed by atoms with E-state index in [1.54, 1.807) is 12.1 Å². The molecule has 3 aromatic carbocycles. The molecule has 3 aromatic rings. The summed E-state index contributed by atoms with van der Waals surface area (Å²) in [4.78, 5) is 24.5. The van der Waals surface area contributed by atoms with Crippen molar-refractivity contribution in [2.45, 2.75) is 32.1 Å². The molecule has 3 rings (SSSR count). The standard InChI is InChI=1S/C24H25NO3/c1-2-5-24(27)28-21-12-10-19(11-13-21)22(16-25)23(26)15-17-8-9-18-6-3-4-7-20(18)14-17/h3-4,6-14,22H,2,5,15-16,25H2,1H3. The molecule has 2 N–H and O–H groups in total. The summed E-state index contributed by atoms with van der Waals surface area (Å²) in [5.74, 6) is -0.0710. The van der Waals surface area contributed by atoms with Crippen molar-refractivity contribution in [1.29, 1.82) is 0 Å². The van der Waals surface area contributed by atoms with Crippen molar-refractivity contribution in [3.05, 3.63) is 77.9 Å². The molecule has 0 heterocycles. The van der Waals surface area contributed by atoms with Gasteiger partial charge in [0.25, 0.3) is 0 Å². The van der Waals surface area contributed by atoms with E-state index in [-0.39, 0.29) is 24.2 Å². The van der Waals surface area contributed by atoms with Gasteiger partial charge in [-0.05, 0) is 40.5 Å². The van der Waals surface area contributed by atoms with Crippen LogP contribution in [0.25, 0.3) is 10.8 Å². The summed E-state index contributed by atoms with van der Waals surface area (Å²) >= 11 is 0. The lowest BCUT2D eigenvalue weighted by Gasteiger charge is -2.15. The Kier molecular flexibility index (Phi) is 6.56. The summed E-state index contributed by atoms with van der Waals surface area (Å²) in [6, 6.07) is 21.2. The molecule has 0 aliphatic rings. The first kappa shape index (κ1) is 19.8. The minimum atomic E-state index is -0.383. The second kappa shape index (κ2) is 9.29. The van der Waals surface area contributed by atoms with Crippen LogP contribution in [0.3, 0.4) is 0 Å². The summed E-state index contributed by atoms with van der Waals surface area (Å²) in [7, 11) is 0. The van der Waals surface area contributed by atoms with Gasteiger partial charge in [-0.15, -0.1) is 0 Å². The second-order valence-corrected chi connectivity index (χ2v) is 6.91. The Hall–Kier alpha value is -2.98. The number of hydrogen-bond acceptors (Lipinski definition) is 4. The number of esters is 1. The predicted molar refractivity (Wildman–Crippen MR) is 111 cm³/mol. The number of ketones is 1. The molecule has 0 aliphatic heterocycles. The highest BCUT2D eigenvalue weighted by Crippen LogP contribution is 2.23. The van der Waals surface area contributed by atoms with Gasteiger partial charge in [0.05, 0.1) is 5.92 Å². The Balaban J connectivity index is 1.70. The van der Waals surface area contributed by atoms with Gasteiger partial charge in [0.1, 0.15) is 11.5 Å². The highest BCUT2D eigenvalue weighted by Gasteiger charge is 2.19. The van der Waals surface area contributed by atoms with Crippen molar-refractivity contribution in [2.75, 3.05) is 6.54 Å². The number of hydrogen-bond donors (Lipinski definition) is 1. The number of benzene rings is 3. The first-order valence-corrected chi connectivity index (χ1v) is 9.61. The molecule has 1 unspecified atom stereocenters. The van der Waals surface area contributed by atoms with Crippen LogP contribution in [0.2, 0.25) is 0 Å². The molecule has 0 aliphatic carbocycles. The highest BCUT2D eigenvalue weighted by atomic mass is 16.5. The van der Waals surface area contributed by atoms with Gasteiger partial charge in [0.15, 0.2) is 0 Å². The number of fused-ring (bicyclic) bond motifs is 1. The first-order valence-electron chi connectivity index (χ1n) is 9.61. The summed E-state index contributed by atoms with van der Waals surface area (Å²) in [6.07, 6.45) is 1.47. The van der Waals surface area contributed by atoms with Crippen LogP contribution in [0.4, 0.5) is 0 Å². The van der Waals surface area contributed by atoms with Crippen molar-refractivity contribution >= 4 is 22.5 Å². The fourth-order valence-electron chi connectivity index (χ4n) is 3.28. The number of carbonyl (C=O) groups excluding carboxylic acids is 2. The zero-order chi connectivity index (χ0) is 19.9. The third kappa shape index (κ3) is 4.84. The third-order valence-electron chi connectivity index (χ3n) is 4.78. The Morgan fingerprint density at radius 3 is 2.36 bits per heavy atom. The molecule has 28 heavy (non-hydrogen) atoms. The average Bonchev–Trinajstić information content (AvgIpc) is 2.70. The zero-order valence-electron chi connectivity index (χ0n) is 16.1. The molecule has 0 aromatic heterocycles. The molecule has 4 nitrogen and oxygen atoms in total. The summed E-state index contributed by atoms with van der Waals surface area (Å²) in [5, 5.41) is 2.28. The molecule has 1 atom stereocenters. The van der Waals surface area contributed by atoms with E-state index >= 15 is 0 Å². The average molecular weight is 375 g/mol. The Morgan fingerprint density at radius 1 is 0.964 bits per heavy atom. The molecular formula is C24H25NO3. The van der Waals surface area contributed by atoms with Crippen LogP contribution in [0.1, 0.15) is 36.8 Å². The Morgan fingerprint density at radius 2 is 1.68 bits per heavy atom. The maximum Gasteiger partial charge on any atom is 0.311 e. The molecule has 0 amide bonds. The molecular weight excluding hydrogens is 350 g/mol. The first-order chi connectivity index (χ1) is 13.6. The van der Waals surface area contributed by atoms with Gasteiger partial charge in [-0.2, -0.15) is 0 Å². The lowest BCUT2D eigenvalue weighted by molar-refractivity contribution is -0.134. The minimum absolute atomic E-state index is 0.0773. The highest BCUT2D eigenvalue weighted by molar-refractivity contribution is 5.90. The van der Waals surface area contributed by atoms with Crippen molar-refractivity contribution in [2.24, 2.45) is 5.73 Å². The lowest BCUT2D eigenvalue weighted by atomic mass is 9.90. The molecule has 0 fully saturated rings. The van der Waals surface area contributed by atoms with E-state index in [0.29, 0.717) is 18.6 Å². The van der Waals surface area contributed by atoms with Gasteiger partial charge < -0.3 is 10.5 Å². The molecule has 0 bridgehead atoms. The van der Waals surface area contributed by atoms with E-state index in [4.69, 9.17) is 10.5 Å². The topological polar surface area (TPSA) is 69.4 Å². The largest absolute Gasteiger partial charge is 0.427 e. The molecule has 0 spiro atoms. The van der Waals surface area contributed by atoms with Gasteiger partial charge in [-0.1, -0.05) is 61.5 Å². The van der Waals surface area contributed by atoms with Gasteiger partial charge >= 0.3 is 5.97 Å². The number of rotatable bonds is 8. The van der Waals surface area contributed by atoms with E-state index < -0.39 is 0 Å². The van der Waals surface area contributed by atoms with E-state index in [1.165, 1.54) is 0 Å². The van der Waals surface area contributed by atoms with E-state index in [0.717, 1.165) is 28.3 Å². The van der Waals surface area contributed by atoms with Gasteiger partial charge in [0.2, 0.25) is 0 Å². The molecule has 0 saturated carbocycles. The molecule has 0 saturated heterocycles. The maximum absolute atomic E-state index is 12.9. The maximum atomic E-state index is 12.9. The van der Waals surface area contributed by atoms with Crippen LogP contribution in [-0.4, -0.2) is 18.3 Å². The van der Waals surface area contributed by atoms with Gasteiger partial charge in [0, 0.05) is 19.4 Å². The number of nitrogens with two attached hydrogens (primary N) is 1. The smallest absolute Gasteiger partial charge is 0.311 e. The minimum Gasteiger partial charge on any atom is -0.427 e. The van der Waals surface area contributed by atoms with Crippen molar-refractivity contribution in [3.63, 3.8) is 0 Å². The van der Waals surface area contributed by atoms with E-state index in [2.05, 4.69) is 12.1 Å². The number of Topliss-reactive ketones (excluding diaryl/α,β-unsaturated/α-hetero) is 1. The van der Waals surface area contributed by atoms with Crippen LogP contribution in [-0.2, 0) is 16.0 Å². The van der Waals surface area contributed by atoms with Crippen LogP contribution >= 0.6 is 0 Å². The van der Waals surface area contributed by atoms with Gasteiger partial charge in [-0.25, -0.2) is 0 Å². The van der Waals surface area contributed by atoms with Crippen molar-refractivity contribution in [3.8, 4) is 5.75 Å². The fourth-order valence-corrected chi connectivity index (χ4v) is 3.28. The zero-order valence-corrected chi connectivity index (χ0v) is 16.1. The van der Waals surface area contributed by atoms with E-state index in [1.807, 2.05) is 49.4 Å². The number of carbonyl (C=O) groups is 2. The van der Waals surface area contributed by atoms with Crippen LogP contribution in [0, 0.1) is 0 Å². The van der Waals surface area contributed by atoms with Crippen LogP contribution in [0.5, 0.6) is 5.75 Å². The molecule has 0 radical (unpaired) electrons. The monoisotopic (exact) mass is 375 g/mol. The normalized spacial score (nSPS) is 11.9. The quantitative estimate of drug-likeness (QED) is 0.468. The predicted octanol–water partition coefficient (Wildman–Crippen LogP) is 4.40. The molecule has 4 heteroatoms. The summed E-state index contributed by atoms with van der Waals surface area (Å²) in [6.45, 7) is 2.17. The third-order valence-corrected chi connectivity index (χ3v) is 4.78. The Labute approximate surface area is 165 Å². The number of ether oxygens (including phenoxy) is 1. The van der Waals surface area contributed by atoms with Crippen LogP contribution < -0.4 is 10.5 Å². The van der Waals surface area contributed by atoms with Crippen molar-refractivity contribution < 1.29 is 14.3 Å². The van der Waals surface area contributed by atoms with Gasteiger partial charge in [-0.3, -0.25) is 9.59 Å².